The maximum absolute atomic E-state index is 13.0. The molecule has 0 aromatic heterocycles. The molecule has 0 unspecified atom stereocenters. The number of nitrogens with zero attached hydrogens (tertiary/aromatic N) is 2. The number of nitro benzene ring substituents is 1. The first-order chi connectivity index (χ1) is 16.2. The highest BCUT2D eigenvalue weighted by Crippen LogP contribution is 2.26. The number of ketones is 1. The van der Waals surface area contributed by atoms with Crippen molar-refractivity contribution in [2.75, 3.05) is 18.4 Å². The molecule has 176 valence electrons. The molecule has 34 heavy (non-hydrogen) atoms. The van der Waals surface area contributed by atoms with Gasteiger partial charge in [0, 0.05) is 36.3 Å². The van der Waals surface area contributed by atoms with E-state index in [0.29, 0.717) is 18.7 Å². The van der Waals surface area contributed by atoms with E-state index >= 15 is 0 Å². The molecule has 0 radical (unpaired) electrons. The molecule has 0 saturated heterocycles. The molecule has 1 N–H and O–H groups in total. The van der Waals surface area contributed by atoms with E-state index in [1.165, 1.54) is 40.7 Å². The summed E-state index contributed by atoms with van der Waals surface area (Å²) in [6, 6.07) is 17.2. The fraction of sp³-hybridized carbons (Fsp3) is 0.167. The summed E-state index contributed by atoms with van der Waals surface area (Å²) >= 11 is 0. The summed E-state index contributed by atoms with van der Waals surface area (Å²) < 4.78 is 26.6. The van der Waals surface area contributed by atoms with E-state index < -0.39 is 26.6 Å². The lowest BCUT2D eigenvalue weighted by molar-refractivity contribution is -0.384. The van der Waals surface area contributed by atoms with Gasteiger partial charge in [0.15, 0.2) is 5.78 Å². The zero-order chi connectivity index (χ0) is 24.9. The predicted octanol–water partition coefficient (Wildman–Crippen LogP) is 4.11. The highest BCUT2D eigenvalue weighted by atomic mass is 32.2. The molecule has 0 aliphatic heterocycles. The van der Waals surface area contributed by atoms with Crippen LogP contribution in [0.5, 0.6) is 0 Å². The van der Waals surface area contributed by atoms with Crippen molar-refractivity contribution < 1.29 is 22.9 Å². The van der Waals surface area contributed by atoms with E-state index in [1.807, 2.05) is 0 Å². The van der Waals surface area contributed by atoms with Crippen molar-refractivity contribution in [2.45, 2.75) is 18.7 Å². The van der Waals surface area contributed by atoms with E-state index in [4.69, 9.17) is 0 Å². The zero-order valence-electron chi connectivity index (χ0n) is 18.6. The van der Waals surface area contributed by atoms with Gasteiger partial charge in [-0.15, -0.1) is 0 Å². The Balaban J connectivity index is 1.91. The second kappa shape index (κ2) is 10.4. The van der Waals surface area contributed by atoms with Crippen molar-refractivity contribution in [1.82, 2.24) is 4.31 Å². The Morgan fingerprint density at radius 2 is 1.53 bits per heavy atom. The number of sulfonamides is 1. The van der Waals surface area contributed by atoms with Gasteiger partial charge < -0.3 is 5.32 Å². The average molecular weight is 482 g/mol. The van der Waals surface area contributed by atoms with E-state index in [1.54, 1.807) is 44.2 Å². The Bertz CT molecular complexity index is 1320. The fourth-order valence-corrected chi connectivity index (χ4v) is 4.83. The molecule has 0 bridgehead atoms. The Hall–Kier alpha value is -3.89. The first kappa shape index (κ1) is 24.7. The molecule has 3 rings (SSSR count). The minimum absolute atomic E-state index is 0.0329. The number of non-ortho nitro benzene ring substituents is 1. The van der Waals surface area contributed by atoms with Crippen LogP contribution in [0.4, 0.5) is 11.4 Å². The lowest BCUT2D eigenvalue weighted by Crippen LogP contribution is -2.30. The molecular weight excluding hydrogens is 458 g/mol. The molecule has 3 aromatic rings. The van der Waals surface area contributed by atoms with Crippen LogP contribution in [0, 0.1) is 10.1 Å². The van der Waals surface area contributed by atoms with Crippen LogP contribution in [0.15, 0.2) is 77.7 Å². The molecule has 0 fully saturated rings. The van der Waals surface area contributed by atoms with Crippen LogP contribution in [0.1, 0.15) is 40.1 Å². The zero-order valence-corrected chi connectivity index (χ0v) is 19.4. The maximum atomic E-state index is 13.0. The number of rotatable bonds is 9. The quantitative estimate of drug-likeness (QED) is 0.278. The van der Waals surface area contributed by atoms with Crippen LogP contribution in [0.2, 0.25) is 0 Å². The molecule has 9 nitrogen and oxygen atoms in total. The van der Waals surface area contributed by atoms with Crippen LogP contribution >= 0.6 is 0 Å². The van der Waals surface area contributed by atoms with Gasteiger partial charge in [-0.2, -0.15) is 4.31 Å². The summed E-state index contributed by atoms with van der Waals surface area (Å²) in [7, 11) is -3.67. The van der Waals surface area contributed by atoms with Crippen molar-refractivity contribution in [3.8, 4) is 0 Å². The SMILES string of the molecule is CCN(CC)S(=O)(=O)c1ccc(C(=O)Nc2ccc([N+](=O)[O-])cc2C(=O)c2ccccc2)cc1. The van der Waals surface area contributed by atoms with Crippen molar-refractivity contribution in [3.05, 3.63) is 99.6 Å². The van der Waals surface area contributed by atoms with Crippen LogP contribution in [-0.2, 0) is 10.0 Å². The minimum atomic E-state index is -3.67. The van der Waals surface area contributed by atoms with Gasteiger partial charge in [-0.3, -0.25) is 19.7 Å². The Kier molecular flexibility index (Phi) is 7.54. The van der Waals surface area contributed by atoms with Gasteiger partial charge in [-0.1, -0.05) is 44.2 Å². The number of benzene rings is 3. The van der Waals surface area contributed by atoms with Gasteiger partial charge in [0.05, 0.1) is 21.1 Å². The summed E-state index contributed by atoms with van der Waals surface area (Å²) in [5, 5.41) is 13.8. The second-order valence-corrected chi connectivity index (χ2v) is 9.19. The van der Waals surface area contributed by atoms with Gasteiger partial charge in [-0.25, -0.2) is 8.42 Å². The average Bonchev–Trinajstić information content (AvgIpc) is 2.85. The van der Waals surface area contributed by atoms with Gasteiger partial charge in [0.1, 0.15) is 0 Å². The Morgan fingerprint density at radius 3 is 2.09 bits per heavy atom. The van der Waals surface area contributed by atoms with E-state index in [2.05, 4.69) is 5.32 Å². The molecule has 0 spiro atoms. The number of amides is 1. The topological polar surface area (TPSA) is 127 Å². The summed E-state index contributed by atoms with van der Waals surface area (Å²) in [5.41, 5.74) is 0.251. The van der Waals surface area contributed by atoms with Crippen molar-refractivity contribution >= 4 is 33.1 Å². The number of anilines is 1. The molecule has 1 amide bonds. The van der Waals surface area contributed by atoms with Crippen molar-refractivity contribution in [3.63, 3.8) is 0 Å². The minimum Gasteiger partial charge on any atom is -0.321 e. The van der Waals surface area contributed by atoms with E-state index in [9.17, 15) is 28.1 Å². The van der Waals surface area contributed by atoms with Crippen LogP contribution in [-0.4, -0.2) is 42.4 Å². The summed E-state index contributed by atoms with van der Waals surface area (Å²) in [4.78, 5) is 36.5. The van der Waals surface area contributed by atoms with E-state index in [-0.39, 0.29) is 27.4 Å². The van der Waals surface area contributed by atoms with Gasteiger partial charge in [-0.05, 0) is 30.3 Å². The number of nitro groups is 1. The molecule has 10 heteroatoms. The molecule has 0 aliphatic rings. The number of carbonyl (C=O) groups is 2. The predicted molar refractivity (Wildman–Crippen MR) is 127 cm³/mol. The lowest BCUT2D eigenvalue weighted by Gasteiger charge is -2.18. The highest BCUT2D eigenvalue weighted by molar-refractivity contribution is 7.89. The number of carbonyl (C=O) groups excluding carboxylic acids is 2. The Labute approximate surface area is 197 Å². The monoisotopic (exact) mass is 481 g/mol. The molecule has 3 aromatic carbocycles. The van der Waals surface area contributed by atoms with Crippen molar-refractivity contribution in [2.24, 2.45) is 0 Å². The third-order valence-electron chi connectivity index (χ3n) is 5.20. The first-order valence-corrected chi connectivity index (χ1v) is 11.9. The van der Waals surface area contributed by atoms with Gasteiger partial charge in [0.2, 0.25) is 10.0 Å². The smallest absolute Gasteiger partial charge is 0.270 e. The third-order valence-corrected chi connectivity index (χ3v) is 7.27. The van der Waals surface area contributed by atoms with Crippen LogP contribution in [0.25, 0.3) is 0 Å². The second-order valence-electron chi connectivity index (χ2n) is 7.25. The number of nitrogens with one attached hydrogen (secondary N) is 1. The largest absolute Gasteiger partial charge is 0.321 e. The molecule has 0 aliphatic carbocycles. The van der Waals surface area contributed by atoms with Gasteiger partial charge >= 0.3 is 0 Å². The van der Waals surface area contributed by atoms with E-state index in [0.717, 1.165) is 6.07 Å². The molecule has 0 atom stereocenters. The maximum Gasteiger partial charge on any atom is 0.270 e. The normalized spacial score (nSPS) is 11.3. The number of hydrogen-bond donors (Lipinski definition) is 1. The number of hydrogen-bond acceptors (Lipinski definition) is 6. The summed E-state index contributed by atoms with van der Waals surface area (Å²) in [6.45, 7) is 4.11. The summed E-state index contributed by atoms with van der Waals surface area (Å²) in [5.74, 6) is -1.08. The summed E-state index contributed by atoms with van der Waals surface area (Å²) in [6.07, 6.45) is 0. The fourth-order valence-electron chi connectivity index (χ4n) is 3.37. The lowest BCUT2D eigenvalue weighted by atomic mass is 10.0. The Morgan fingerprint density at radius 1 is 0.912 bits per heavy atom. The molecule has 0 saturated carbocycles. The molecular formula is C24H23N3O6S. The molecule has 0 heterocycles. The highest BCUT2D eigenvalue weighted by Gasteiger charge is 2.23. The van der Waals surface area contributed by atoms with Gasteiger partial charge in [0.25, 0.3) is 11.6 Å². The van der Waals surface area contributed by atoms with Crippen molar-refractivity contribution in [1.29, 1.82) is 0 Å². The standard InChI is InChI=1S/C24H23N3O6S/c1-3-26(4-2)34(32,33)20-13-10-18(11-14-20)24(29)25-22-15-12-19(27(30)31)16-21(22)23(28)17-8-6-5-7-9-17/h5-16H,3-4H2,1-2H3,(H,25,29). The first-order valence-electron chi connectivity index (χ1n) is 10.5. The van der Waals surface area contributed by atoms with Crippen LogP contribution < -0.4 is 5.32 Å². The van der Waals surface area contributed by atoms with Crippen LogP contribution in [0.3, 0.4) is 0 Å². The third kappa shape index (κ3) is 5.19.